The van der Waals surface area contributed by atoms with Crippen molar-refractivity contribution in [2.45, 2.75) is 25.3 Å². The standard InChI is InChI=1S/C14H21NO4/c1-3-5-11(6-4-2)14(18)15-7-8-19-10-12(15)9-13(16)17/h3-4,11-12H,1-2,5-10H2,(H,16,17). The van der Waals surface area contributed by atoms with Gasteiger partial charge in [0.1, 0.15) is 0 Å². The first-order valence-corrected chi connectivity index (χ1v) is 6.42. The van der Waals surface area contributed by atoms with Crippen LogP contribution in [0.25, 0.3) is 0 Å². The molecule has 1 fully saturated rings. The first kappa shape index (κ1) is 15.4. The summed E-state index contributed by atoms with van der Waals surface area (Å²) in [6.07, 6.45) is 4.47. The van der Waals surface area contributed by atoms with Crippen LogP contribution in [0.1, 0.15) is 19.3 Å². The van der Waals surface area contributed by atoms with Crippen LogP contribution in [-0.4, -0.2) is 47.7 Å². The lowest BCUT2D eigenvalue weighted by atomic mass is 9.98. The molecule has 19 heavy (non-hydrogen) atoms. The lowest BCUT2D eigenvalue weighted by Gasteiger charge is -2.36. The van der Waals surface area contributed by atoms with Crippen LogP contribution in [0, 0.1) is 5.92 Å². The number of carboxylic acid groups (broad SMARTS) is 1. The quantitative estimate of drug-likeness (QED) is 0.709. The van der Waals surface area contributed by atoms with Gasteiger partial charge in [-0.05, 0) is 12.8 Å². The van der Waals surface area contributed by atoms with Crippen LogP contribution < -0.4 is 0 Å². The highest BCUT2D eigenvalue weighted by Crippen LogP contribution is 2.19. The summed E-state index contributed by atoms with van der Waals surface area (Å²) >= 11 is 0. The van der Waals surface area contributed by atoms with Gasteiger partial charge in [0.05, 0.1) is 25.7 Å². The third-order valence-electron chi connectivity index (χ3n) is 3.17. The fourth-order valence-electron chi connectivity index (χ4n) is 2.25. The van der Waals surface area contributed by atoms with E-state index in [1.165, 1.54) is 0 Å². The number of hydrogen-bond acceptors (Lipinski definition) is 3. The average Bonchev–Trinajstić information content (AvgIpc) is 2.38. The molecule has 1 heterocycles. The van der Waals surface area contributed by atoms with Gasteiger partial charge < -0.3 is 14.7 Å². The number of carbonyl (C=O) groups is 2. The molecule has 0 aromatic carbocycles. The fraction of sp³-hybridized carbons (Fsp3) is 0.571. The Hall–Kier alpha value is -1.62. The Bertz CT molecular complexity index is 343. The number of allylic oxidation sites excluding steroid dienone is 2. The Balaban J connectivity index is 2.76. The highest BCUT2D eigenvalue weighted by molar-refractivity contribution is 5.80. The highest BCUT2D eigenvalue weighted by Gasteiger charge is 2.32. The van der Waals surface area contributed by atoms with Crippen LogP contribution in [-0.2, 0) is 14.3 Å². The first-order chi connectivity index (χ1) is 9.10. The van der Waals surface area contributed by atoms with Gasteiger partial charge in [-0.15, -0.1) is 13.2 Å². The van der Waals surface area contributed by atoms with E-state index in [2.05, 4.69) is 13.2 Å². The van der Waals surface area contributed by atoms with Gasteiger partial charge in [0.25, 0.3) is 0 Å². The maximum atomic E-state index is 12.5. The Labute approximate surface area is 113 Å². The number of nitrogens with zero attached hydrogens (tertiary/aromatic N) is 1. The third-order valence-corrected chi connectivity index (χ3v) is 3.17. The predicted octanol–water partition coefficient (Wildman–Crippen LogP) is 1.46. The number of rotatable bonds is 7. The van der Waals surface area contributed by atoms with E-state index in [0.717, 1.165) is 0 Å². The minimum atomic E-state index is -0.919. The van der Waals surface area contributed by atoms with Crippen molar-refractivity contribution in [1.82, 2.24) is 4.90 Å². The van der Waals surface area contributed by atoms with Crippen molar-refractivity contribution in [3.63, 3.8) is 0 Å². The molecule has 106 valence electrons. The maximum Gasteiger partial charge on any atom is 0.305 e. The van der Waals surface area contributed by atoms with Gasteiger partial charge >= 0.3 is 5.97 Å². The zero-order valence-electron chi connectivity index (χ0n) is 11.1. The number of carboxylic acids is 1. The summed E-state index contributed by atoms with van der Waals surface area (Å²) in [5.74, 6) is -1.16. The van der Waals surface area contributed by atoms with Crippen LogP contribution in [0.15, 0.2) is 25.3 Å². The molecule has 0 aromatic heterocycles. The SMILES string of the molecule is C=CCC(CC=C)C(=O)N1CCOCC1CC(=O)O. The van der Waals surface area contributed by atoms with Gasteiger partial charge in [-0.3, -0.25) is 9.59 Å². The Morgan fingerprint density at radius 1 is 1.37 bits per heavy atom. The van der Waals surface area contributed by atoms with E-state index in [4.69, 9.17) is 9.84 Å². The van der Waals surface area contributed by atoms with Crippen LogP contribution in [0.2, 0.25) is 0 Å². The van der Waals surface area contributed by atoms with Crippen molar-refractivity contribution >= 4 is 11.9 Å². The maximum absolute atomic E-state index is 12.5. The molecule has 1 saturated heterocycles. The molecule has 1 aliphatic heterocycles. The second-order valence-electron chi connectivity index (χ2n) is 4.60. The molecule has 0 spiro atoms. The Kier molecular flexibility index (Phi) is 6.29. The van der Waals surface area contributed by atoms with Crippen LogP contribution in [0.3, 0.4) is 0 Å². The number of aliphatic carboxylic acids is 1. The van der Waals surface area contributed by atoms with E-state index in [9.17, 15) is 9.59 Å². The molecule has 1 aliphatic rings. The molecular weight excluding hydrogens is 246 g/mol. The molecule has 1 atom stereocenters. The zero-order valence-corrected chi connectivity index (χ0v) is 11.1. The molecule has 5 nitrogen and oxygen atoms in total. The molecule has 0 saturated carbocycles. The molecule has 0 aromatic rings. The molecule has 0 bridgehead atoms. The molecule has 0 aliphatic carbocycles. The normalized spacial score (nSPS) is 19.2. The second kappa shape index (κ2) is 7.74. The lowest BCUT2D eigenvalue weighted by Crippen LogP contribution is -2.51. The van der Waals surface area contributed by atoms with Crippen molar-refractivity contribution in [3.8, 4) is 0 Å². The predicted molar refractivity (Wildman–Crippen MR) is 71.7 cm³/mol. The van der Waals surface area contributed by atoms with Gasteiger partial charge in [-0.1, -0.05) is 12.2 Å². The summed E-state index contributed by atoms with van der Waals surface area (Å²) in [5, 5.41) is 8.88. The average molecular weight is 267 g/mol. The largest absolute Gasteiger partial charge is 0.481 e. The Morgan fingerprint density at radius 2 is 2.00 bits per heavy atom. The molecule has 5 heteroatoms. The van der Waals surface area contributed by atoms with Gasteiger partial charge in [-0.2, -0.15) is 0 Å². The van der Waals surface area contributed by atoms with E-state index in [1.807, 2.05) is 0 Å². The first-order valence-electron chi connectivity index (χ1n) is 6.42. The number of morpholine rings is 1. The van der Waals surface area contributed by atoms with E-state index >= 15 is 0 Å². The molecular formula is C14H21NO4. The van der Waals surface area contributed by atoms with E-state index < -0.39 is 5.97 Å². The van der Waals surface area contributed by atoms with Crippen LogP contribution in [0.4, 0.5) is 0 Å². The number of carbonyl (C=O) groups excluding carboxylic acids is 1. The number of ether oxygens (including phenoxy) is 1. The molecule has 0 radical (unpaired) electrons. The highest BCUT2D eigenvalue weighted by atomic mass is 16.5. The van der Waals surface area contributed by atoms with Crippen molar-refractivity contribution in [3.05, 3.63) is 25.3 Å². The zero-order chi connectivity index (χ0) is 14.3. The van der Waals surface area contributed by atoms with Crippen molar-refractivity contribution in [2.24, 2.45) is 5.92 Å². The fourth-order valence-corrected chi connectivity index (χ4v) is 2.25. The topological polar surface area (TPSA) is 66.8 Å². The minimum Gasteiger partial charge on any atom is -0.481 e. The van der Waals surface area contributed by atoms with Crippen molar-refractivity contribution < 1.29 is 19.4 Å². The molecule has 1 N–H and O–H groups in total. The van der Waals surface area contributed by atoms with Crippen LogP contribution >= 0.6 is 0 Å². The number of hydrogen-bond donors (Lipinski definition) is 1. The monoisotopic (exact) mass is 267 g/mol. The summed E-state index contributed by atoms with van der Waals surface area (Å²) in [6.45, 7) is 8.49. The summed E-state index contributed by atoms with van der Waals surface area (Å²) in [4.78, 5) is 24.9. The summed E-state index contributed by atoms with van der Waals surface area (Å²) in [5.41, 5.74) is 0. The van der Waals surface area contributed by atoms with Gasteiger partial charge in [-0.25, -0.2) is 0 Å². The third kappa shape index (κ3) is 4.52. The van der Waals surface area contributed by atoms with Gasteiger partial charge in [0.2, 0.25) is 5.91 Å². The van der Waals surface area contributed by atoms with Crippen LogP contribution in [0.5, 0.6) is 0 Å². The van der Waals surface area contributed by atoms with E-state index in [-0.39, 0.29) is 30.9 Å². The lowest BCUT2D eigenvalue weighted by molar-refractivity contribution is -0.148. The smallest absolute Gasteiger partial charge is 0.305 e. The van der Waals surface area contributed by atoms with Gasteiger partial charge in [0, 0.05) is 12.5 Å². The molecule has 1 rings (SSSR count). The number of amides is 1. The molecule has 1 unspecified atom stereocenters. The van der Waals surface area contributed by atoms with E-state index in [0.29, 0.717) is 26.0 Å². The Morgan fingerprint density at radius 3 is 2.53 bits per heavy atom. The van der Waals surface area contributed by atoms with Crippen molar-refractivity contribution in [2.75, 3.05) is 19.8 Å². The van der Waals surface area contributed by atoms with Crippen molar-refractivity contribution in [1.29, 1.82) is 0 Å². The summed E-state index contributed by atoms with van der Waals surface area (Å²) in [6, 6.07) is -0.379. The summed E-state index contributed by atoms with van der Waals surface area (Å²) in [7, 11) is 0. The summed E-state index contributed by atoms with van der Waals surface area (Å²) < 4.78 is 5.27. The minimum absolute atomic E-state index is 0.0330. The van der Waals surface area contributed by atoms with E-state index in [1.54, 1.807) is 17.1 Å². The second-order valence-corrected chi connectivity index (χ2v) is 4.60. The molecule has 1 amide bonds. The van der Waals surface area contributed by atoms with Gasteiger partial charge in [0.15, 0.2) is 0 Å².